The maximum absolute atomic E-state index is 4.15. The molecule has 0 aliphatic heterocycles. The van der Waals surface area contributed by atoms with Crippen LogP contribution in [0.5, 0.6) is 0 Å². The molecule has 2 aliphatic carbocycles. The van der Waals surface area contributed by atoms with Gasteiger partial charge in [-0.15, -0.1) is 0 Å². The molecule has 2 saturated carbocycles. The summed E-state index contributed by atoms with van der Waals surface area (Å²) < 4.78 is 0. The van der Waals surface area contributed by atoms with Gasteiger partial charge in [-0.25, -0.2) is 0 Å². The van der Waals surface area contributed by atoms with Crippen molar-refractivity contribution < 1.29 is 0 Å². The van der Waals surface area contributed by atoms with Crippen molar-refractivity contribution in [3.05, 3.63) is 67.3 Å². The zero-order valence-corrected chi connectivity index (χ0v) is 17.3. The lowest BCUT2D eigenvalue weighted by Crippen LogP contribution is -2.36. The summed E-state index contributed by atoms with van der Waals surface area (Å²) in [4.78, 5) is 0. The van der Waals surface area contributed by atoms with Crippen molar-refractivity contribution in [1.82, 2.24) is 0 Å². The van der Waals surface area contributed by atoms with Crippen LogP contribution in [0.1, 0.15) is 64.2 Å². The Kier molecular flexibility index (Phi) is 7.32. The highest BCUT2D eigenvalue weighted by molar-refractivity contribution is 7.84. The van der Waals surface area contributed by atoms with Gasteiger partial charge >= 0.3 is 0 Å². The quantitative estimate of drug-likeness (QED) is 0.350. The maximum atomic E-state index is 4.15. The normalized spacial score (nSPS) is 20.7. The number of allylic oxidation sites excluding steroid dienone is 4. The average Bonchev–Trinajstić information content (AvgIpc) is 2.73. The van der Waals surface area contributed by atoms with Crippen LogP contribution in [0, 0.1) is 0 Å². The van der Waals surface area contributed by atoms with E-state index in [4.69, 9.17) is 0 Å². The fourth-order valence-corrected chi connectivity index (χ4v) is 11.8. The molecule has 0 N–H and O–H groups in total. The van der Waals surface area contributed by atoms with Crippen molar-refractivity contribution in [3.8, 4) is 0 Å². The summed E-state index contributed by atoms with van der Waals surface area (Å²) in [7, 11) is -1.29. The van der Waals surface area contributed by atoms with Gasteiger partial charge in [-0.05, 0) is 69.1 Å². The average molecular weight is 368 g/mol. The van der Waals surface area contributed by atoms with Crippen molar-refractivity contribution in [3.63, 3.8) is 0 Å². The van der Waals surface area contributed by atoms with Crippen molar-refractivity contribution in [1.29, 1.82) is 0 Å². The van der Waals surface area contributed by atoms with Crippen LogP contribution in [0.4, 0.5) is 0 Å². The second kappa shape index (κ2) is 9.70. The standard InChI is InChI=1S/C25H36P/c1-3-14-22(4-2)21-26(23-15-8-5-9-16-23,24-17-10-6-11-18-24)25-19-12-7-13-20-25/h3-5,8-9,14-16,24-25H,1-2,6-7,10-13,17-21H2/q+1/b22-14+. The highest BCUT2D eigenvalue weighted by Gasteiger charge is 2.53. The van der Waals surface area contributed by atoms with Crippen LogP contribution in [0.3, 0.4) is 0 Å². The van der Waals surface area contributed by atoms with Gasteiger partial charge in [0.05, 0.1) is 30.0 Å². The number of rotatable bonds is 7. The molecule has 0 nitrogen and oxygen atoms in total. The van der Waals surface area contributed by atoms with Crippen molar-refractivity contribution in [2.24, 2.45) is 0 Å². The van der Waals surface area contributed by atoms with E-state index < -0.39 is 7.26 Å². The van der Waals surface area contributed by atoms with Crippen LogP contribution < -0.4 is 5.30 Å². The van der Waals surface area contributed by atoms with Crippen LogP contribution in [0.2, 0.25) is 0 Å². The SMILES string of the molecule is C=C/C=C(\C=C)C[P+](c1ccccc1)(C1CCCCC1)C1CCCCC1. The van der Waals surface area contributed by atoms with Gasteiger partial charge in [0.1, 0.15) is 0 Å². The summed E-state index contributed by atoms with van der Waals surface area (Å²) in [6.45, 7) is 8.11. The molecule has 0 atom stereocenters. The lowest BCUT2D eigenvalue weighted by Gasteiger charge is -2.43. The van der Waals surface area contributed by atoms with Crippen molar-refractivity contribution >= 4 is 12.6 Å². The van der Waals surface area contributed by atoms with Gasteiger partial charge in [0.15, 0.2) is 0 Å². The summed E-state index contributed by atoms with van der Waals surface area (Å²) in [5.41, 5.74) is 3.23. The highest BCUT2D eigenvalue weighted by atomic mass is 31.2. The molecule has 0 saturated heterocycles. The first-order valence-electron chi connectivity index (χ1n) is 10.7. The molecule has 0 unspecified atom stereocenters. The van der Waals surface area contributed by atoms with Crippen molar-refractivity contribution in [2.75, 3.05) is 6.16 Å². The largest absolute Gasteiger partial charge is 0.0991 e. The minimum atomic E-state index is -1.29. The monoisotopic (exact) mass is 367 g/mol. The second-order valence-corrected chi connectivity index (χ2v) is 12.3. The Morgan fingerprint density at radius 3 is 1.85 bits per heavy atom. The van der Waals surface area contributed by atoms with E-state index >= 15 is 0 Å². The van der Waals surface area contributed by atoms with E-state index in [1.165, 1.54) is 75.9 Å². The first-order valence-corrected chi connectivity index (χ1v) is 12.8. The Morgan fingerprint density at radius 2 is 1.38 bits per heavy atom. The third-order valence-corrected chi connectivity index (χ3v) is 12.5. The number of hydrogen-bond donors (Lipinski definition) is 0. The van der Waals surface area contributed by atoms with E-state index in [2.05, 4.69) is 55.6 Å². The first-order chi connectivity index (χ1) is 12.8. The molecule has 0 bridgehead atoms. The van der Waals surface area contributed by atoms with E-state index in [1.54, 1.807) is 5.30 Å². The molecule has 0 amide bonds. The molecule has 1 heteroatoms. The summed E-state index contributed by atoms with van der Waals surface area (Å²) in [5.74, 6) is 0. The molecule has 1 aromatic rings. The van der Waals surface area contributed by atoms with Crippen LogP contribution in [-0.4, -0.2) is 17.5 Å². The molecule has 26 heavy (non-hydrogen) atoms. The van der Waals surface area contributed by atoms with Crippen LogP contribution >= 0.6 is 7.26 Å². The van der Waals surface area contributed by atoms with Gasteiger partial charge in [-0.2, -0.15) is 0 Å². The molecule has 0 aromatic heterocycles. The number of benzene rings is 1. The van der Waals surface area contributed by atoms with E-state index in [0.717, 1.165) is 11.3 Å². The van der Waals surface area contributed by atoms with Gasteiger partial charge in [-0.3, -0.25) is 0 Å². The first kappa shape index (κ1) is 19.6. The summed E-state index contributed by atoms with van der Waals surface area (Å²) in [6.07, 6.45) is 21.9. The lowest BCUT2D eigenvalue weighted by molar-refractivity contribution is 0.481. The zero-order valence-electron chi connectivity index (χ0n) is 16.4. The third kappa shape index (κ3) is 4.23. The fourth-order valence-electron chi connectivity index (χ4n) is 5.50. The smallest absolute Gasteiger partial charge is 0.0948 e. The molecule has 2 fully saturated rings. The van der Waals surface area contributed by atoms with Gasteiger partial charge in [0, 0.05) is 0 Å². The van der Waals surface area contributed by atoms with E-state index in [-0.39, 0.29) is 0 Å². The summed E-state index contributed by atoms with van der Waals surface area (Å²) in [5, 5.41) is 1.69. The van der Waals surface area contributed by atoms with Crippen LogP contribution in [-0.2, 0) is 0 Å². The zero-order chi connectivity index (χ0) is 18.2. The molecule has 0 radical (unpaired) electrons. The molecule has 0 heterocycles. The topological polar surface area (TPSA) is 0 Å². The van der Waals surface area contributed by atoms with Crippen LogP contribution in [0.25, 0.3) is 0 Å². The maximum Gasteiger partial charge on any atom is 0.0948 e. The van der Waals surface area contributed by atoms with E-state index in [1.807, 2.05) is 6.08 Å². The number of hydrogen-bond acceptors (Lipinski definition) is 0. The lowest BCUT2D eigenvalue weighted by atomic mass is 9.99. The van der Waals surface area contributed by atoms with Crippen LogP contribution in [0.15, 0.2) is 67.3 Å². The molecule has 140 valence electrons. The second-order valence-electron chi connectivity index (χ2n) is 8.19. The minimum Gasteiger partial charge on any atom is -0.0991 e. The molecule has 2 aliphatic rings. The highest BCUT2D eigenvalue weighted by Crippen LogP contribution is 2.72. The Hall–Kier alpha value is -1.13. The molecular weight excluding hydrogens is 331 g/mol. The van der Waals surface area contributed by atoms with Crippen molar-refractivity contribution in [2.45, 2.75) is 75.5 Å². The van der Waals surface area contributed by atoms with E-state index in [9.17, 15) is 0 Å². The van der Waals surface area contributed by atoms with Gasteiger partial charge < -0.3 is 0 Å². The molecular formula is C25H36P+. The molecule has 0 spiro atoms. The molecule has 1 aromatic carbocycles. The summed E-state index contributed by atoms with van der Waals surface area (Å²) in [6, 6.07) is 11.7. The molecule has 3 rings (SSSR count). The predicted octanol–water partition coefficient (Wildman–Crippen LogP) is 7.29. The summed E-state index contributed by atoms with van der Waals surface area (Å²) >= 11 is 0. The minimum absolute atomic E-state index is 0.912. The Morgan fingerprint density at radius 1 is 0.846 bits per heavy atom. The van der Waals surface area contributed by atoms with E-state index in [0.29, 0.717) is 0 Å². The Labute approximate surface area is 161 Å². The van der Waals surface area contributed by atoms with Gasteiger partial charge in [0.2, 0.25) is 0 Å². The fraction of sp³-hybridized carbons (Fsp3) is 0.520. The Balaban J connectivity index is 2.10. The predicted molar refractivity (Wildman–Crippen MR) is 120 cm³/mol. The van der Waals surface area contributed by atoms with Gasteiger partial charge in [0.25, 0.3) is 0 Å². The van der Waals surface area contributed by atoms with Gasteiger partial charge in [-0.1, -0.05) is 62.4 Å². The Bertz CT molecular complexity index is 582. The third-order valence-electron chi connectivity index (χ3n) is 6.73.